The molecule has 5 heteroatoms. The van der Waals surface area contributed by atoms with Crippen LogP contribution in [0.25, 0.3) is 0 Å². The Morgan fingerprint density at radius 1 is 1.40 bits per heavy atom. The third kappa shape index (κ3) is 5.06. The molecule has 0 bridgehead atoms. The molecule has 0 saturated carbocycles. The monoisotopic (exact) mass is 278 g/mol. The van der Waals surface area contributed by atoms with Crippen LogP contribution in [0.1, 0.15) is 38.4 Å². The van der Waals surface area contributed by atoms with Crippen LogP contribution in [0.5, 0.6) is 0 Å². The first kappa shape index (κ1) is 15.2. The molecule has 0 aromatic carbocycles. The van der Waals surface area contributed by atoms with E-state index in [0.29, 0.717) is 11.9 Å². The maximum atomic E-state index is 4.97. The van der Waals surface area contributed by atoms with Crippen LogP contribution in [-0.2, 0) is 6.42 Å². The van der Waals surface area contributed by atoms with E-state index in [1.54, 1.807) is 0 Å². The van der Waals surface area contributed by atoms with Crippen LogP contribution >= 0.6 is 0 Å². The molecule has 0 unspecified atom stereocenters. The number of likely N-dealkylation sites (tertiary alicyclic amines) is 1. The van der Waals surface area contributed by atoms with Crippen molar-refractivity contribution in [2.75, 3.05) is 26.2 Å². The van der Waals surface area contributed by atoms with Crippen molar-refractivity contribution in [2.45, 2.75) is 46.1 Å². The minimum Gasteiger partial charge on any atom is -0.340 e. The third-order valence-electron chi connectivity index (χ3n) is 3.70. The highest BCUT2D eigenvalue weighted by Crippen LogP contribution is 2.10. The molecule has 20 heavy (non-hydrogen) atoms. The van der Waals surface area contributed by atoms with Gasteiger partial charge in [0.05, 0.1) is 0 Å². The molecule has 1 N–H and O–H groups in total. The number of piperidine rings is 1. The minimum absolute atomic E-state index is 0.631. The fraction of sp³-hybridized carbons (Fsp3) is 0.733. The first-order valence-electron chi connectivity index (χ1n) is 7.52. The zero-order valence-electron chi connectivity index (χ0n) is 12.9. The van der Waals surface area contributed by atoms with E-state index in [-0.39, 0.29) is 0 Å². The van der Waals surface area contributed by atoms with Crippen molar-refractivity contribution in [2.24, 2.45) is 0 Å². The molecule has 0 amide bonds. The predicted octanol–water partition coefficient (Wildman–Crippen LogP) is 1.94. The summed E-state index contributed by atoms with van der Waals surface area (Å²) in [4.78, 5) is 6.74. The number of nitrogens with one attached hydrogen (secondary N) is 1. The van der Waals surface area contributed by atoms with E-state index in [4.69, 9.17) is 4.52 Å². The molecule has 2 heterocycles. The SMILES string of the molecule is CC(C)=CCN1CCC(NCCc2noc(C)n2)CC1. The van der Waals surface area contributed by atoms with Gasteiger partial charge in [0.25, 0.3) is 0 Å². The number of aryl methyl sites for hydroxylation is 1. The average molecular weight is 278 g/mol. The van der Waals surface area contributed by atoms with Gasteiger partial charge in [-0.15, -0.1) is 0 Å². The lowest BCUT2D eigenvalue weighted by atomic mass is 10.0. The maximum Gasteiger partial charge on any atom is 0.223 e. The molecule has 1 aliphatic rings. The fourth-order valence-corrected chi connectivity index (χ4v) is 2.46. The van der Waals surface area contributed by atoms with E-state index >= 15 is 0 Å². The molecule has 112 valence electrons. The van der Waals surface area contributed by atoms with Gasteiger partial charge in [-0.2, -0.15) is 4.98 Å². The molecule has 0 atom stereocenters. The number of hydrogen-bond donors (Lipinski definition) is 1. The van der Waals surface area contributed by atoms with Gasteiger partial charge in [0, 0.05) is 32.5 Å². The van der Waals surface area contributed by atoms with Crippen LogP contribution in [-0.4, -0.2) is 47.3 Å². The van der Waals surface area contributed by atoms with Gasteiger partial charge in [-0.3, -0.25) is 4.90 Å². The summed E-state index contributed by atoms with van der Waals surface area (Å²) < 4.78 is 4.97. The molecular weight excluding hydrogens is 252 g/mol. The molecule has 1 fully saturated rings. The van der Waals surface area contributed by atoms with Crippen molar-refractivity contribution < 1.29 is 4.52 Å². The zero-order chi connectivity index (χ0) is 14.4. The van der Waals surface area contributed by atoms with E-state index in [9.17, 15) is 0 Å². The Balaban J connectivity index is 1.61. The fourth-order valence-electron chi connectivity index (χ4n) is 2.46. The van der Waals surface area contributed by atoms with Crippen LogP contribution in [0.15, 0.2) is 16.2 Å². The maximum absolute atomic E-state index is 4.97. The Hall–Kier alpha value is -1.20. The second kappa shape index (κ2) is 7.55. The quantitative estimate of drug-likeness (QED) is 0.806. The lowest BCUT2D eigenvalue weighted by Crippen LogP contribution is -2.43. The molecule has 1 aromatic rings. The predicted molar refractivity (Wildman–Crippen MR) is 79.6 cm³/mol. The van der Waals surface area contributed by atoms with Crippen LogP contribution in [0.3, 0.4) is 0 Å². The second-order valence-electron chi connectivity index (χ2n) is 5.79. The summed E-state index contributed by atoms with van der Waals surface area (Å²) in [5, 5.41) is 7.51. The highest BCUT2D eigenvalue weighted by molar-refractivity contribution is 4.95. The van der Waals surface area contributed by atoms with Crippen molar-refractivity contribution in [3.05, 3.63) is 23.4 Å². The smallest absolute Gasteiger partial charge is 0.223 e. The van der Waals surface area contributed by atoms with E-state index < -0.39 is 0 Å². The Morgan fingerprint density at radius 3 is 2.75 bits per heavy atom. The van der Waals surface area contributed by atoms with Crippen molar-refractivity contribution in [1.82, 2.24) is 20.4 Å². The molecule has 2 rings (SSSR count). The average Bonchev–Trinajstić information content (AvgIpc) is 2.83. The van der Waals surface area contributed by atoms with Gasteiger partial charge in [-0.05, 0) is 39.8 Å². The number of hydrogen-bond acceptors (Lipinski definition) is 5. The Kier molecular flexibility index (Phi) is 5.73. The highest BCUT2D eigenvalue weighted by atomic mass is 16.5. The van der Waals surface area contributed by atoms with Crippen LogP contribution in [0.2, 0.25) is 0 Å². The first-order chi connectivity index (χ1) is 9.63. The van der Waals surface area contributed by atoms with Crippen molar-refractivity contribution in [1.29, 1.82) is 0 Å². The van der Waals surface area contributed by atoms with Gasteiger partial charge in [-0.25, -0.2) is 0 Å². The highest BCUT2D eigenvalue weighted by Gasteiger charge is 2.17. The van der Waals surface area contributed by atoms with E-state index in [1.807, 2.05) is 6.92 Å². The summed E-state index contributed by atoms with van der Waals surface area (Å²) in [6, 6.07) is 0.631. The molecule has 1 aliphatic heterocycles. The molecule has 5 nitrogen and oxygen atoms in total. The number of allylic oxidation sites excluding steroid dienone is 1. The van der Waals surface area contributed by atoms with Gasteiger partial charge in [-0.1, -0.05) is 16.8 Å². The lowest BCUT2D eigenvalue weighted by Gasteiger charge is -2.31. The molecule has 0 spiro atoms. The summed E-state index contributed by atoms with van der Waals surface area (Å²) in [6.07, 6.45) is 5.60. The van der Waals surface area contributed by atoms with E-state index in [1.165, 1.54) is 31.5 Å². The van der Waals surface area contributed by atoms with Crippen molar-refractivity contribution in [3.63, 3.8) is 0 Å². The van der Waals surface area contributed by atoms with Crippen molar-refractivity contribution in [3.8, 4) is 0 Å². The number of rotatable bonds is 6. The normalized spacial score (nSPS) is 17.4. The van der Waals surface area contributed by atoms with Gasteiger partial charge in [0.1, 0.15) is 0 Å². The standard InChI is InChI=1S/C15H26N4O/c1-12(2)5-9-19-10-6-14(7-11-19)16-8-4-15-17-13(3)20-18-15/h5,14,16H,4,6-11H2,1-3H3. The molecule has 1 aromatic heterocycles. The summed E-state index contributed by atoms with van der Waals surface area (Å²) >= 11 is 0. The van der Waals surface area contributed by atoms with E-state index in [2.05, 4.69) is 40.3 Å². The lowest BCUT2D eigenvalue weighted by molar-refractivity contribution is 0.215. The summed E-state index contributed by atoms with van der Waals surface area (Å²) in [7, 11) is 0. The zero-order valence-corrected chi connectivity index (χ0v) is 12.9. The Bertz CT molecular complexity index is 429. The second-order valence-corrected chi connectivity index (χ2v) is 5.79. The number of aromatic nitrogens is 2. The van der Waals surface area contributed by atoms with Gasteiger partial charge in [0.2, 0.25) is 5.89 Å². The van der Waals surface area contributed by atoms with Gasteiger partial charge >= 0.3 is 0 Å². The summed E-state index contributed by atoms with van der Waals surface area (Å²) in [5.74, 6) is 1.45. The van der Waals surface area contributed by atoms with Crippen LogP contribution < -0.4 is 5.32 Å². The number of nitrogens with zero attached hydrogens (tertiary/aromatic N) is 3. The summed E-state index contributed by atoms with van der Waals surface area (Å²) in [5.41, 5.74) is 1.40. The Labute approximate surface area is 121 Å². The van der Waals surface area contributed by atoms with Gasteiger partial charge < -0.3 is 9.84 Å². The summed E-state index contributed by atoms with van der Waals surface area (Å²) in [6.45, 7) is 10.5. The first-order valence-corrected chi connectivity index (χ1v) is 7.52. The topological polar surface area (TPSA) is 54.2 Å². The Morgan fingerprint density at radius 2 is 2.15 bits per heavy atom. The van der Waals surface area contributed by atoms with Crippen LogP contribution in [0.4, 0.5) is 0 Å². The van der Waals surface area contributed by atoms with Crippen LogP contribution in [0, 0.1) is 6.92 Å². The third-order valence-corrected chi connectivity index (χ3v) is 3.70. The largest absolute Gasteiger partial charge is 0.340 e. The van der Waals surface area contributed by atoms with Gasteiger partial charge in [0.15, 0.2) is 5.82 Å². The molecular formula is C15H26N4O. The molecule has 0 aliphatic carbocycles. The molecule has 1 saturated heterocycles. The van der Waals surface area contributed by atoms with Crippen molar-refractivity contribution >= 4 is 0 Å². The minimum atomic E-state index is 0.631. The van der Waals surface area contributed by atoms with E-state index in [0.717, 1.165) is 25.3 Å². The molecule has 0 radical (unpaired) electrons.